The Hall–Kier alpha value is -0.290. The van der Waals surface area contributed by atoms with Crippen LogP contribution in [0.3, 0.4) is 0 Å². The van der Waals surface area contributed by atoms with Gasteiger partial charge in [0.15, 0.2) is 9.84 Å². The van der Waals surface area contributed by atoms with Gasteiger partial charge in [0.1, 0.15) is 0 Å². The first-order valence-corrected chi connectivity index (χ1v) is 7.88. The Kier molecular flexibility index (Phi) is 5.05. The number of nitrogens with zero attached hydrogens (tertiary/aromatic N) is 1. The monoisotopic (exact) mass is 267 g/mol. The van der Waals surface area contributed by atoms with Crippen molar-refractivity contribution in [1.29, 1.82) is 0 Å². The van der Waals surface area contributed by atoms with E-state index in [-0.39, 0.29) is 23.5 Å². The van der Waals surface area contributed by atoms with Crippen LogP contribution in [-0.2, 0) is 14.6 Å². The number of halogens is 1. The molecule has 1 unspecified atom stereocenters. The summed E-state index contributed by atoms with van der Waals surface area (Å²) in [5, 5.41) is 0. The normalized spacial score (nSPS) is 25.1. The van der Waals surface area contributed by atoms with Gasteiger partial charge in [-0.25, -0.2) is 8.42 Å². The minimum Gasteiger partial charge on any atom is -0.339 e. The highest BCUT2D eigenvalue weighted by Gasteiger charge is 2.28. The highest BCUT2D eigenvalue weighted by atomic mass is 35.5. The summed E-state index contributed by atoms with van der Waals surface area (Å²) in [4.78, 5) is 13.5. The van der Waals surface area contributed by atoms with Gasteiger partial charge in [0.2, 0.25) is 5.91 Å². The Morgan fingerprint density at radius 3 is 2.81 bits per heavy atom. The maximum atomic E-state index is 11.8. The van der Waals surface area contributed by atoms with Gasteiger partial charge in [-0.3, -0.25) is 4.79 Å². The van der Waals surface area contributed by atoms with E-state index in [1.165, 1.54) is 0 Å². The van der Waals surface area contributed by atoms with Gasteiger partial charge in [-0.15, -0.1) is 11.6 Å². The molecule has 16 heavy (non-hydrogen) atoms. The first-order chi connectivity index (χ1) is 7.46. The van der Waals surface area contributed by atoms with Gasteiger partial charge in [0.05, 0.1) is 11.5 Å². The molecule has 1 rings (SSSR count). The first-order valence-electron chi connectivity index (χ1n) is 5.52. The van der Waals surface area contributed by atoms with Crippen LogP contribution in [0.15, 0.2) is 0 Å². The Balaban J connectivity index is 2.63. The largest absolute Gasteiger partial charge is 0.339 e. The lowest BCUT2D eigenvalue weighted by Crippen LogP contribution is -2.40. The summed E-state index contributed by atoms with van der Waals surface area (Å²) in [5.74, 6) is 0.757. The van der Waals surface area contributed by atoms with Crippen molar-refractivity contribution in [2.24, 2.45) is 0 Å². The predicted octanol–water partition coefficient (Wildman–Crippen LogP) is 1.04. The third-order valence-electron chi connectivity index (χ3n) is 2.73. The van der Waals surface area contributed by atoms with E-state index in [4.69, 9.17) is 11.6 Å². The Morgan fingerprint density at radius 2 is 2.19 bits per heavy atom. The summed E-state index contributed by atoms with van der Waals surface area (Å²) in [5.41, 5.74) is 0. The summed E-state index contributed by atoms with van der Waals surface area (Å²) >= 11 is 5.53. The standard InChI is InChI=1S/C10H18ClNO3S/c1-9-8-16(14,15)7-3-6-12(9)10(13)4-2-5-11/h9H,2-8H2,1H3. The molecule has 4 nitrogen and oxygen atoms in total. The molecule has 1 aliphatic heterocycles. The molecule has 0 bridgehead atoms. The third-order valence-corrected chi connectivity index (χ3v) is 4.89. The molecule has 0 aromatic carbocycles. The zero-order valence-corrected chi connectivity index (χ0v) is 11.1. The van der Waals surface area contributed by atoms with E-state index in [0.717, 1.165) is 0 Å². The van der Waals surface area contributed by atoms with Gasteiger partial charge in [-0.1, -0.05) is 0 Å². The zero-order valence-electron chi connectivity index (χ0n) is 9.49. The van der Waals surface area contributed by atoms with Crippen LogP contribution in [0.25, 0.3) is 0 Å². The van der Waals surface area contributed by atoms with Crippen LogP contribution in [0.4, 0.5) is 0 Å². The molecule has 1 atom stereocenters. The topological polar surface area (TPSA) is 54.5 Å². The van der Waals surface area contributed by atoms with Gasteiger partial charge in [-0.2, -0.15) is 0 Å². The minimum atomic E-state index is -2.98. The van der Waals surface area contributed by atoms with Crippen LogP contribution in [-0.4, -0.2) is 49.2 Å². The van der Waals surface area contributed by atoms with E-state index in [9.17, 15) is 13.2 Å². The fraction of sp³-hybridized carbons (Fsp3) is 0.900. The van der Waals surface area contributed by atoms with E-state index >= 15 is 0 Å². The fourth-order valence-electron chi connectivity index (χ4n) is 1.95. The van der Waals surface area contributed by atoms with Crippen LogP contribution < -0.4 is 0 Å². The molecule has 0 radical (unpaired) electrons. The van der Waals surface area contributed by atoms with Crippen molar-refractivity contribution in [3.8, 4) is 0 Å². The number of hydrogen-bond donors (Lipinski definition) is 0. The molecule has 1 fully saturated rings. The van der Waals surface area contributed by atoms with E-state index in [1.807, 2.05) is 0 Å². The van der Waals surface area contributed by atoms with Crippen LogP contribution in [0.2, 0.25) is 0 Å². The number of hydrogen-bond acceptors (Lipinski definition) is 3. The summed E-state index contributed by atoms with van der Waals surface area (Å²) in [6.45, 7) is 2.34. The zero-order chi connectivity index (χ0) is 12.2. The molecule has 0 spiro atoms. The second-order valence-corrected chi connectivity index (χ2v) is 6.80. The molecule has 1 saturated heterocycles. The quantitative estimate of drug-likeness (QED) is 0.718. The minimum absolute atomic E-state index is 0.0188. The Morgan fingerprint density at radius 1 is 1.50 bits per heavy atom. The lowest BCUT2D eigenvalue weighted by atomic mass is 10.2. The highest BCUT2D eigenvalue weighted by molar-refractivity contribution is 7.91. The summed E-state index contributed by atoms with van der Waals surface area (Å²) in [7, 11) is -2.98. The van der Waals surface area contributed by atoms with Crippen molar-refractivity contribution in [1.82, 2.24) is 4.90 Å². The lowest BCUT2D eigenvalue weighted by Gasteiger charge is -2.26. The van der Waals surface area contributed by atoms with E-state index in [1.54, 1.807) is 11.8 Å². The van der Waals surface area contributed by atoms with Crippen molar-refractivity contribution in [3.05, 3.63) is 0 Å². The highest BCUT2D eigenvalue weighted by Crippen LogP contribution is 2.13. The molecular weight excluding hydrogens is 250 g/mol. The van der Waals surface area contributed by atoms with Gasteiger partial charge < -0.3 is 4.90 Å². The molecule has 0 aromatic heterocycles. The summed E-state index contributed by atoms with van der Waals surface area (Å²) in [6, 6.07) is -0.213. The van der Waals surface area contributed by atoms with Gasteiger partial charge in [0, 0.05) is 24.9 Å². The maximum absolute atomic E-state index is 11.8. The number of alkyl halides is 1. The maximum Gasteiger partial charge on any atom is 0.222 e. The van der Waals surface area contributed by atoms with Crippen LogP contribution in [0.5, 0.6) is 0 Å². The molecule has 1 amide bonds. The Bertz CT molecular complexity index is 342. The molecule has 1 heterocycles. The van der Waals surface area contributed by atoms with Crippen molar-refractivity contribution in [2.45, 2.75) is 32.2 Å². The van der Waals surface area contributed by atoms with Crippen molar-refractivity contribution < 1.29 is 13.2 Å². The Labute approximate surface area is 102 Å². The second-order valence-electron chi connectivity index (χ2n) is 4.20. The molecule has 1 aliphatic rings. The lowest BCUT2D eigenvalue weighted by molar-refractivity contribution is -0.132. The van der Waals surface area contributed by atoms with Gasteiger partial charge in [-0.05, 0) is 19.8 Å². The van der Waals surface area contributed by atoms with Crippen molar-refractivity contribution >= 4 is 27.3 Å². The van der Waals surface area contributed by atoms with E-state index in [2.05, 4.69) is 0 Å². The fourth-order valence-corrected chi connectivity index (χ4v) is 3.73. The number of sulfone groups is 1. The molecule has 0 saturated carbocycles. The molecule has 0 N–H and O–H groups in total. The average Bonchev–Trinajstić information content (AvgIpc) is 2.32. The van der Waals surface area contributed by atoms with Gasteiger partial charge in [0.25, 0.3) is 0 Å². The van der Waals surface area contributed by atoms with Crippen molar-refractivity contribution in [3.63, 3.8) is 0 Å². The summed E-state index contributed by atoms with van der Waals surface area (Å²) < 4.78 is 23.0. The number of carbonyl (C=O) groups excluding carboxylic acids is 1. The smallest absolute Gasteiger partial charge is 0.222 e. The number of rotatable bonds is 3. The molecule has 94 valence electrons. The van der Waals surface area contributed by atoms with E-state index in [0.29, 0.717) is 31.7 Å². The first kappa shape index (κ1) is 13.8. The molecule has 0 aliphatic carbocycles. The van der Waals surface area contributed by atoms with Crippen LogP contribution >= 0.6 is 11.6 Å². The van der Waals surface area contributed by atoms with E-state index < -0.39 is 9.84 Å². The van der Waals surface area contributed by atoms with Gasteiger partial charge >= 0.3 is 0 Å². The molecular formula is C10H18ClNO3S. The van der Waals surface area contributed by atoms with Crippen molar-refractivity contribution in [2.75, 3.05) is 23.9 Å². The summed E-state index contributed by atoms with van der Waals surface area (Å²) in [6.07, 6.45) is 1.60. The SMILES string of the molecule is CC1CS(=O)(=O)CCCN1C(=O)CCCCl. The average molecular weight is 268 g/mol. The number of amides is 1. The van der Waals surface area contributed by atoms with Crippen LogP contribution in [0.1, 0.15) is 26.2 Å². The second kappa shape index (κ2) is 5.87. The van der Waals surface area contributed by atoms with Crippen LogP contribution in [0, 0.1) is 0 Å². The molecule has 6 heteroatoms. The third kappa shape index (κ3) is 3.94. The molecule has 0 aromatic rings. The number of carbonyl (C=O) groups is 1. The predicted molar refractivity (Wildman–Crippen MR) is 64.4 cm³/mol.